The van der Waals surface area contributed by atoms with E-state index in [-0.39, 0.29) is 0 Å². The first kappa shape index (κ1) is 14.6. The summed E-state index contributed by atoms with van der Waals surface area (Å²) in [6.07, 6.45) is 4.65. The van der Waals surface area contributed by atoms with Gasteiger partial charge in [0.05, 0.1) is 4.75 Å². The van der Waals surface area contributed by atoms with Crippen LogP contribution in [-0.2, 0) is 9.84 Å². The van der Waals surface area contributed by atoms with Crippen molar-refractivity contribution in [3.05, 3.63) is 30.6 Å². The molecule has 20 heavy (non-hydrogen) atoms. The monoisotopic (exact) mass is 293 g/mol. The van der Waals surface area contributed by atoms with Crippen molar-refractivity contribution < 1.29 is 8.42 Å². The molecule has 2 aromatic rings. The summed E-state index contributed by atoms with van der Waals surface area (Å²) < 4.78 is 22.6. The molecule has 0 aliphatic heterocycles. The van der Waals surface area contributed by atoms with Crippen LogP contribution in [0, 0.1) is 0 Å². The van der Waals surface area contributed by atoms with Crippen molar-refractivity contribution in [3.8, 4) is 0 Å². The van der Waals surface area contributed by atoms with Gasteiger partial charge in [0.15, 0.2) is 9.84 Å². The molecule has 5 nitrogen and oxygen atoms in total. The Hall–Kier alpha value is -1.82. The number of rotatable bonds is 4. The summed E-state index contributed by atoms with van der Waals surface area (Å²) in [5, 5.41) is 4.98. The fraction of sp³-hybridized carbons (Fsp3) is 0.357. The number of anilines is 2. The predicted molar refractivity (Wildman–Crippen MR) is 83.6 cm³/mol. The van der Waals surface area contributed by atoms with E-state index in [9.17, 15) is 8.42 Å². The zero-order valence-corrected chi connectivity index (χ0v) is 12.7. The molecule has 0 aliphatic carbocycles. The maximum absolute atomic E-state index is 11.7. The Balaban J connectivity index is 2.34. The zero-order valence-electron chi connectivity index (χ0n) is 11.8. The van der Waals surface area contributed by atoms with Crippen molar-refractivity contribution in [2.24, 2.45) is 0 Å². The molecule has 2 rings (SSSR count). The highest BCUT2D eigenvalue weighted by molar-refractivity contribution is 7.92. The lowest BCUT2D eigenvalue weighted by Gasteiger charge is -2.24. The highest BCUT2D eigenvalue weighted by Gasteiger charge is 2.29. The summed E-state index contributed by atoms with van der Waals surface area (Å²) in [5.74, 6) is 0. The van der Waals surface area contributed by atoms with Crippen LogP contribution < -0.4 is 11.1 Å². The molecule has 1 aromatic carbocycles. The SMILES string of the molecule is CC(C)(CNc1ccc(N)c2ccncc12)S(C)(=O)=O. The maximum atomic E-state index is 11.7. The lowest BCUT2D eigenvalue weighted by atomic mass is 10.1. The Morgan fingerprint density at radius 1 is 1.25 bits per heavy atom. The Labute approximate surface area is 119 Å². The first-order chi connectivity index (χ1) is 9.22. The predicted octanol–water partition coefficient (Wildman–Crippen LogP) is 2.05. The molecule has 0 radical (unpaired) electrons. The first-order valence-electron chi connectivity index (χ1n) is 6.28. The molecule has 0 saturated heterocycles. The van der Waals surface area contributed by atoms with Gasteiger partial charge in [0, 0.05) is 47.3 Å². The van der Waals surface area contributed by atoms with Gasteiger partial charge in [-0.25, -0.2) is 8.42 Å². The number of hydrogen-bond acceptors (Lipinski definition) is 5. The molecule has 3 N–H and O–H groups in total. The third kappa shape index (κ3) is 2.70. The van der Waals surface area contributed by atoms with Gasteiger partial charge in [0.2, 0.25) is 0 Å². The molecule has 0 saturated carbocycles. The normalized spacial score (nSPS) is 12.6. The standard InChI is InChI=1S/C14H19N3O2S/c1-14(2,20(3,18)19)9-17-13-5-4-12(15)10-6-7-16-8-11(10)13/h4-8,17H,9,15H2,1-3H3. The minimum absolute atomic E-state index is 0.319. The van der Waals surface area contributed by atoms with Crippen molar-refractivity contribution >= 4 is 32.0 Å². The molecule has 0 unspecified atom stereocenters. The second-order valence-corrected chi connectivity index (χ2v) is 8.16. The van der Waals surface area contributed by atoms with Crippen LogP contribution in [0.2, 0.25) is 0 Å². The molecule has 0 aliphatic rings. The van der Waals surface area contributed by atoms with E-state index in [0.29, 0.717) is 12.2 Å². The molecule has 6 heteroatoms. The number of nitrogens with one attached hydrogen (secondary N) is 1. The van der Waals surface area contributed by atoms with Gasteiger partial charge in [-0.05, 0) is 32.0 Å². The average Bonchev–Trinajstić information content (AvgIpc) is 2.37. The second-order valence-electron chi connectivity index (χ2n) is 5.51. The molecule has 1 aromatic heterocycles. The quantitative estimate of drug-likeness (QED) is 0.843. The van der Waals surface area contributed by atoms with E-state index in [1.807, 2.05) is 12.1 Å². The summed E-state index contributed by atoms with van der Waals surface area (Å²) in [6, 6.07) is 5.49. The van der Waals surface area contributed by atoms with Crippen LogP contribution >= 0.6 is 0 Å². The molecule has 0 amide bonds. The van der Waals surface area contributed by atoms with Gasteiger partial charge < -0.3 is 11.1 Å². The Morgan fingerprint density at radius 2 is 1.95 bits per heavy atom. The lowest BCUT2D eigenvalue weighted by molar-refractivity contribution is 0.560. The Bertz CT molecular complexity index is 739. The highest BCUT2D eigenvalue weighted by atomic mass is 32.2. The smallest absolute Gasteiger partial charge is 0.154 e. The topological polar surface area (TPSA) is 85.1 Å². The first-order valence-corrected chi connectivity index (χ1v) is 8.17. The van der Waals surface area contributed by atoms with Gasteiger partial charge >= 0.3 is 0 Å². The van der Waals surface area contributed by atoms with E-state index in [1.165, 1.54) is 6.26 Å². The summed E-state index contributed by atoms with van der Waals surface area (Å²) in [6.45, 7) is 3.72. The number of nitrogens with two attached hydrogens (primary N) is 1. The third-order valence-electron chi connectivity index (χ3n) is 3.56. The fourth-order valence-electron chi connectivity index (χ4n) is 1.81. The van der Waals surface area contributed by atoms with Crippen LogP contribution in [0.5, 0.6) is 0 Å². The van der Waals surface area contributed by atoms with Crippen LogP contribution in [0.3, 0.4) is 0 Å². The molecular weight excluding hydrogens is 274 g/mol. The largest absolute Gasteiger partial charge is 0.398 e. The van der Waals surface area contributed by atoms with E-state index in [1.54, 1.807) is 32.3 Å². The van der Waals surface area contributed by atoms with Gasteiger partial charge in [-0.2, -0.15) is 0 Å². The summed E-state index contributed by atoms with van der Waals surface area (Å²) >= 11 is 0. The van der Waals surface area contributed by atoms with E-state index in [2.05, 4.69) is 10.3 Å². The zero-order chi connectivity index (χ0) is 15.0. The van der Waals surface area contributed by atoms with E-state index in [4.69, 9.17) is 5.73 Å². The van der Waals surface area contributed by atoms with Crippen molar-refractivity contribution in [1.82, 2.24) is 4.98 Å². The lowest BCUT2D eigenvalue weighted by Crippen LogP contribution is -2.38. The molecule has 0 atom stereocenters. The van der Waals surface area contributed by atoms with E-state index in [0.717, 1.165) is 16.5 Å². The molecule has 0 spiro atoms. The van der Waals surface area contributed by atoms with Crippen molar-refractivity contribution in [3.63, 3.8) is 0 Å². The van der Waals surface area contributed by atoms with Crippen molar-refractivity contribution in [2.45, 2.75) is 18.6 Å². The maximum Gasteiger partial charge on any atom is 0.154 e. The van der Waals surface area contributed by atoms with E-state index >= 15 is 0 Å². The Kier molecular flexibility index (Phi) is 3.60. The van der Waals surface area contributed by atoms with Gasteiger partial charge in [-0.3, -0.25) is 4.98 Å². The van der Waals surface area contributed by atoms with Gasteiger partial charge in [-0.15, -0.1) is 0 Å². The van der Waals surface area contributed by atoms with Crippen LogP contribution in [0.4, 0.5) is 11.4 Å². The minimum Gasteiger partial charge on any atom is -0.398 e. The van der Waals surface area contributed by atoms with Gasteiger partial charge in [0.25, 0.3) is 0 Å². The molecule has 0 bridgehead atoms. The summed E-state index contributed by atoms with van der Waals surface area (Å²) in [5.41, 5.74) is 7.43. The third-order valence-corrected chi connectivity index (χ3v) is 5.71. The number of fused-ring (bicyclic) bond motifs is 1. The highest BCUT2D eigenvalue weighted by Crippen LogP contribution is 2.28. The van der Waals surface area contributed by atoms with Crippen LogP contribution in [0.25, 0.3) is 10.8 Å². The number of nitrogen functional groups attached to an aromatic ring is 1. The minimum atomic E-state index is -3.14. The van der Waals surface area contributed by atoms with Gasteiger partial charge in [-0.1, -0.05) is 0 Å². The number of sulfone groups is 1. The number of aromatic nitrogens is 1. The number of nitrogens with zero attached hydrogens (tertiary/aromatic N) is 1. The number of benzene rings is 1. The molecule has 0 fully saturated rings. The molecular formula is C14H19N3O2S. The summed E-state index contributed by atoms with van der Waals surface area (Å²) in [4.78, 5) is 4.09. The number of pyridine rings is 1. The van der Waals surface area contributed by atoms with Gasteiger partial charge in [0.1, 0.15) is 0 Å². The second kappa shape index (κ2) is 4.94. The molecule has 108 valence electrons. The average molecular weight is 293 g/mol. The molecule has 1 heterocycles. The van der Waals surface area contributed by atoms with Crippen LogP contribution in [-0.4, -0.2) is 30.9 Å². The fourth-order valence-corrected chi connectivity index (χ4v) is 2.14. The van der Waals surface area contributed by atoms with E-state index < -0.39 is 14.6 Å². The van der Waals surface area contributed by atoms with Crippen molar-refractivity contribution in [2.75, 3.05) is 23.9 Å². The Morgan fingerprint density at radius 3 is 2.60 bits per heavy atom. The van der Waals surface area contributed by atoms with Crippen LogP contribution in [0.1, 0.15) is 13.8 Å². The number of hydrogen-bond donors (Lipinski definition) is 2. The summed E-state index contributed by atoms with van der Waals surface area (Å²) in [7, 11) is -3.14. The van der Waals surface area contributed by atoms with Crippen molar-refractivity contribution in [1.29, 1.82) is 0 Å². The van der Waals surface area contributed by atoms with Crippen LogP contribution in [0.15, 0.2) is 30.6 Å².